The molecule has 2 nitrogen and oxygen atoms in total. The van der Waals surface area contributed by atoms with Gasteiger partial charge in [0.15, 0.2) is 0 Å². The third-order valence-corrected chi connectivity index (χ3v) is 3.44. The van der Waals surface area contributed by atoms with Crippen molar-refractivity contribution in [2.75, 3.05) is 0 Å². The van der Waals surface area contributed by atoms with Crippen LogP contribution in [0, 0.1) is 5.92 Å². The SMILES string of the molecule is NC1(CC(=O)C2CCC2)CCC1. The maximum absolute atomic E-state index is 11.6. The molecular weight excluding hydrogens is 150 g/mol. The van der Waals surface area contributed by atoms with Gasteiger partial charge in [0.25, 0.3) is 0 Å². The Morgan fingerprint density at radius 2 is 2.00 bits per heavy atom. The summed E-state index contributed by atoms with van der Waals surface area (Å²) in [6, 6.07) is 0. The van der Waals surface area contributed by atoms with E-state index in [0.29, 0.717) is 18.1 Å². The third kappa shape index (κ3) is 1.40. The molecule has 2 fully saturated rings. The van der Waals surface area contributed by atoms with Crippen LogP contribution in [0.25, 0.3) is 0 Å². The second kappa shape index (κ2) is 2.84. The summed E-state index contributed by atoms with van der Waals surface area (Å²) in [5.74, 6) is 0.814. The number of rotatable bonds is 3. The molecule has 0 radical (unpaired) electrons. The van der Waals surface area contributed by atoms with Crippen molar-refractivity contribution in [2.45, 2.75) is 50.5 Å². The molecule has 2 saturated carbocycles. The minimum Gasteiger partial charge on any atom is -0.325 e. The van der Waals surface area contributed by atoms with Crippen molar-refractivity contribution in [3.63, 3.8) is 0 Å². The predicted octanol–water partition coefficient (Wildman–Crippen LogP) is 1.63. The molecular formula is C10H17NO. The molecule has 2 heteroatoms. The highest BCUT2D eigenvalue weighted by atomic mass is 16.1. The predicted molar refractivity (Wildman–Crippen MR) is 47.7 cm³/mol. The zero-order chi connectivity index (χ0) is 8.60. The first-order valence-corrected chi connectivity index (χ1v) is 5.01. The number of hydrogen-bond donors (Lipinski definition) is 1. The number of carbonyl (C=O) groups excluding carboxylic acids is 1. The fourth-order valence-electron chi connectivity index (χ4n) is 2.03. The smallest absolute Gasteiger partial charge is 0.137 e. The van der Waals surface area contributed by atoms with E-state index in [9.17, 15) is 4.79 Å². The lowest BCUT2D eigenvalue weighted by Gasteiger charge is -2.39. The lowest BCUT2D eigenvalue weighted by Crippen LogP contribution is -2.49. The van der Waals surface area contributed by atoms with Crippen molar-refractivity contribution >= 4 is 5.78 Å². The summed E-state index contributed by atoms with van der Waals surface area (Å²) < 4.78 is 0. The third-order valence-electron chi connectivity index (χ3n) is 3.44. The lowest BCUT2D eigenvalue weighted by molar-refractivity contribution is -0.127. The van der Waals surface area contributed by atoms with Gasteiger partial charge in [-0.3, -0.25) is 4.79 Å². The van der Waals surface area contributed by atoms with Crippen LogP contribution >= 0.6 is 0 Å². The fourth-order valence-corrected chi connectivity index (χ4v) is 2.03. The van der Waals surface area contributed by atoms with Gasteiger partial charge in [0.1, 0.15) is 5.78 Å². The van der Waals surface area contributed by atoms with Gasteiger partial charge in [-0.2, -0.15) is 0 Å². The number of nitrogens with two attached hydrogens (primary N) is 1. The van der Waals surface area contributed by atoms with Crippen LogP contribution in [0.5, 0.6) is 0 Å². The quantitative estimate of drug-likeness (QED) is 0.694. The Labute approximate surface area is 73.5 Å². The molecule has 0 aromatic rings. The lowest BCUT2D eigenvalue weighted by atomic mass is 9.70. The molecule has 0 aromatic heterocycles. The Morgan fingerprint density at radius 3 is 2.33 bits per heavy atom. The second-order valence-electron chi connectivity index (χ2n) is 4.49. The van der Waals surface area contributed by atoms with Crippen molar-refractivity contribution < 1.29 is 4.79 Å². The molecule has 0 atom stereocenters. The van der Waals surface area contributed by atoms with Gasteiger partial charge in [-0.1, -0.05) is 6.42 Å². The summed E-state index contributed by atoms with van der Waals surface area (Å²) in [6.07, 6.45) is 7.47. The second-order valence-corrected chi connectivity index (χ2v) is 4.49. The van der Waals surface area contributed by atoms with Crippen molar-refractivity contribution in [1.29, 1.82) is 0 Å². The van der Waals surface area contributed by atoms with E-state index >= 15 is 0 Å². The maximum Gasteiger partial charge on any atom is 0.137 e. The summed E-state index contributed by atoms with van der Waals surface area (Å²) in [5.41, 5.74) is 5.91. The number of hydrogen-bond acceptors (Lipinski definition) is 2. The molecule has 2 N–H and O–H groups in total. The monoisotopic (exact) mass is 167 g/mol. The van der Waals surface area contributed by atoms with Gasteiger partial charge in [0.05, 0.1) is 0 Å². The van der Waals surface area contributed by atoms with Crippen LogP contribution in [-0.2, 0) is 4.79 Å². The van der Waals surface area contributed by atoms with Crippen LogP contribution in [0.4, 0.5) is 0 Å². The van der Waals surface area contributed by atoms with Gasteiger partial charge >= 0.3 is 0 Å². The van der Waals surface area contributed by atoms with Gasteiger partial charge < -0.3 is 5.73 Å². The van der Waals surface area contributed by atoms with Crippen LogP contribution in [0.1, 0.15) is 44.9 Å². The highest BCUT2D eigenvalue weighted by Gasteiger charge is 2.37. The van der Waals surface area contributed by atoms with Crippen LogP contribution < -0.4 is 5.73 Å². The number of carbonyl (C=O) groups is 1. The van der Waals surface area contributed by atoms with E-state index < -0.39 is 0 Å². The largest absolute Gasteiger partial charge is 0.325 e. The van der Waals surface area contributed by atoms with E-state index in [1.54, 1.807) is 0 Å². The van der Waals surface area contributed by atoms with E-state index in [1.165, 1.54) is 12.8 Å². The Kier molecular flexibility index (Phi) is 1.95. The minimum atomic E-state index is -0.0906. The average Bonchev–Trinajstić information content (AvgIpc) is 1.79. The fraction of sp³-hybridized carbons (Fsp3) is 0.900. The first kappa shape index (κ1) is 8.24. The highest BCUT2D eigenvalue weighted by molar-refractivity contribution is 5.82. The topological polar surface area (TPSA) is 43.1 Å². The molecule has 0 heterocycles. The normalized spacial score (nSPS) is 27.4. The summed E-state index contributed by atoms with van der Waals surface area (Å²) in [6.45, 7) is 0. The Morgan fingerprint density at radius 1 is 1.33 bits per heavy atom. The van der Waals surface area contributed by atoms with Crippen molar-refractivity contribution in [3.8, 4) is 0 Å². The average molecular weight is 167 g/mol. The van der Waals surface area contributed by atoms with Gasteiger partial charge in [-0.05, 0) is 32.1 Å². The van der Waals surface area contributed by atoms with Crippen molar-refractivity contribution in [3.05, 3.63) is 0 Å². The van der Waals surface area contributed by atoms with E-state index in [1.807, 2.05) is 0 Å². The Bertz CT molecular complexity index is 192. The van der Waals surface area contributed by atoms with E-state index in [-0.39, 0.29) is 5.54 Å². The summed E-state index contributed by atoms with van der Waals surface area (Å²) >= 11 is 0. The van der Waals surface area contributed by atoms with Crippen LogP contribution in [0.3, 0.4) is 0 Å². The standard InChI is InChI=1S/C10H17NO/c11-10(5-2-6-10)7-9(12)8-3-1-4-8/h8H,1-7,11H2. The number of ketones is 1. The summed E-state index contributed by atoms with van der Waals surface area (Å²) in [5, 5.41) is 0. The van der Waals surface area contributed by atoms with E-state index in [4.69, 9.17) is 5.73 Å². The molecule has 0 unspecified atom stereocenters. The molecule has 0 aliphatic heterocycles. The summed E-state index contributed by atoms with van der Waals surface area (Å²) in [4.78, 5) is 11.6. The van der Waals surface area contributed by atoms with Crippen LogP contribution in [0.2, 0.25) is 0 Å². The molecule has 12 heavy (non-hydrogen) atoms. The molecule has 0 saturated heterocycles. The Hall–Kier alpha value is -0.370. The summed E-state index contributed by atoms with van der Waals surface area (Å²) in [7, 11) is 0. The van der Waals surface area contributed by atoms with Gasteiger partial charge in [0.2, 0.25) is 0 Å². The van der Waals surface area contributed by atoms with Crippen LogP contribution in [0.15, 0.2) is 0 Å². The molecule has 0 bridgehead atoms. The molecule has 2 aliphatic rings. The number of Topliss-reactive ketones (excluding diaryl/α,β-unsaturated/α-hetero) is 1. The molecule has 0 aromatic carbocycles. The zero-order valence-electron chi connectivity index (χ0n) is 7.51. The van der Waals surface area contributed by atoms with E-state index in [0.717, 1.165) is 25.7 Å². The van der Waals surface area contributed by atoms with Crippen molar-refractivity contribution in [1.82, 2.24) is 0 Å². The molecule has 68 valence electrons. The minimum absolute atomic E-state index is 0.0906. The molecule has 2 rings (SSSR count). The first-order valence-electron chi connectivity index (χ1n) is 5.01. The molecule has 2 aliphatic carbocycles. The molecule has 0 spiro atoms. The van der Waals surface area contributed by atoms with Gasteiger partial charge in [0, 0.05) is 17.9 Å². The molecule has 0 amide bonds. The Balaban J connectivity index is 1.81. The maximum atomic E-state index is 11.6. The highest BCUT2D eigenvalue weighted by Crippen LogP contribution is 2.36. The first-order chi connectivity index (χ1) is 5.70. The van der Waals surface area contributed by atoms with Gasteiger partial charge in [-0.15, -0.1) is 0 Å². The van der Waals surface area contributed by atoms with E-state index in [2.05, 4.69) is 0 Å². The van der Waals surface area contributed by atoms with Crippen LogP contribution in [-0.4, -0.2) is 11.3 Å². The zero-order valence-corrected chi connectivity index (χ0v) is 7.51. The van der Waals surface area contributed by atoms with Crippen molar-refractivity contribution in [2.24, 2.45) is 11.7 Å². The van der Waals surface area contributed by atoms with Gasteiger partial charge in [-0.25, -0.2) is 0 Å².